The zero-order valence-corrected chi connectivity index (χ0v) is 11.0. The molecule has 4 heteroatoms. The van der Waals surface area contributed by atoms with Crippen LogP contribution in [0.2, 0.25) is 0 Å². The Bertz CT molecular complexity index is 371. The molecule has 0 aromatic heterocycles. The number of rotatable bonds is 7. The first-order chi connectivity index (χ1) is 8.58. The van der Waals surface area contributed by atoms with Gasteiger partial charge in [0.25, 0.3) is 0 Å². The molecule has 0 bridgehead atoms. The third-order valence-corrected chi connectivity index (χ3v) is 3.07. The molecule has 0 fully saturated rings. The molecule has 1 rings (SSSR count). The number of ether oxygens (including phenoxy) is 1. The molecule has 0 saturated carbocycles. The first-order valence-electron chi connectivity index (χ1n) is 6.34. The van der Waals surface area contributed by atoms with Crippen LogP contribution >= 0.6 is 0 Å². The van der Waals surface area contributed by atoms with Crippen molar-refractivity contribution in [3.8, 4) is 5.75 Å². The van der Waals surface area contributed by atoms with Gasteiger partial charge in [0.1, 0.15) is 11.6 Å². The second-order valence-corrected chi connectivity index (χ2v) is 4.51. The molecule has 102 valence electrons. The van der Waals surface area contributed by atoms with Crippen LogP contribution in [0.3, 0.4) is 0 Å². The number of methoxy groups -OCH3 is 1. The maximum Gasteiger partial charge on any atom is 0.123 e. The minimum absolute atomic E-state index is 0.213. The van der Waals surface area contributed by atoms with Crippen LogP contribution in [0.15, 0.2) is 18.2 Å². The highest BCUT2D eigenvalue weighted by molar-refractivity contribution is 5.34. The third-order valence-electron chi connectivity index (χ3n) is 3.07. The molecule has 0 aliphatic carbocycles. The fraction of sp³-hybridized carbons (Fsp3) is 0.571. The molecule has 0 spiro atoms. The average molecular weight is 255 g/mol. The van der Waals surface area contributed by atoms with Gasteiger partial charge in [-0.3, -0.25) is 0 Å². The van der Waals surface area contributed by atoms with Gasteiger partial charge in [0.2, 0.25) is 0 Å². The predicted octanol–water partition coefficient (Wildman–Crippen LogP) is 2.26. The summed E-state index contributed by atoms with van der Waals surface area (Å²) in [6.45, 7) is 2.03. The summed E-state index contributed by atoms with van der Waals surface area (Å²) in [6.07, 6.45) is 2.25. The molecule has 18 heavy (non-hydrogen) atoms. The van der Waals surface area contributed by atoms with Gasteiger partial charge in [0.05, 0.1) is 13.2 Å². The van der Waals surface area contributed by atoms with Crippen molar-refractivity contribution in [3.05, 3.63) is 29.6 Å². The largest absolute Gasteiger partial charge is 0.496 e. The highest BCUT2D eigenvalue weighted by Gasteiger charge is 2.15. The average Bonchev–Trinajstić information content (AvgIpc) is 2.36. The minimum atomic E-state index is -0.557. The molecule has 2 unspecified atom stereocenters. The summed E-state index contributed by atoms with van der Waals surface area (Å²) >= 11 is 0. The normalized spacial score (nSPS) is 14.3. The van der Waals surface area contributed by atoms with Crippen molar-refractivity contribution in [1.82, 2.24) is 0 Å². The van der Waals surface area contributed by atoms with Crippen LogP contribution in [-0.2, 0) is 6.42 Å². The van der Waals surface area contributed by atoms with Crippen LogP contribution in [0.5, 0.6) is 5.75 Å². The molecule has 3 nitrogen and oxygen atoms in total. The fourth-order valence-corrected chi connectivity index (χ4v) is 1.99. The van der Waals surface area contributed by atoms with E-state index in [1.807, 2.05) is 6.92 Å². The summed E-state index contributed by atoms with van der Waals surface area (Å²) in [5, 5.41) is 9.88. The van der Waals surface area contributed by atoms with Gasteiger partial charge in [0, 0.05) is 6.04 Å². The van der Waals surface area contributed by atoms with Gasteiger partial charge in [-0.05, 0) is 43.0 Å². The van der Waals surface area contributed by atoms with Crippen molar-refractivity contribution in [2.75, 3.05) is 7.11 Å². The van der Waals surface area contributed by atoms with Gasteiger partial charge < -0.3 is 15.6 Å². The molecule has 3 N–H and O–H groups in total. The van der Waals surface area contributed by atoms with Gasteiger partial charge in [0.15, 0.2) is 0 Å². The smallest absolute Gasteiger partial charge is 0.123 e. The van der Waals surface area contributed by atoms with E-state index in [1.165, 1.54) is 12.1 Å². The highest BCUT2D eigenvalue weighted by Crippen LogP contribution is 2.21. The molecule has 0 heterocycles. The Kier molecular flexibility index (Phi) is 6.09. The summed E-state index contributed by atoms with van der Waals surface area (Å²) in [6, 6.07) is 4.19. The molecule has 0 aliphatic rings. The van der Waals surface area contributed by atoms with Gasteiger partial charge in [-0.2, -0.15) is 0 Å². The molecule has 2 atom stereocenters. The van der Waals surface area contributed by atoms with Crippen molar-refractivity contribution in [2.45, 2.75) is 44.8 Å². The molecule has 1 aromatic rings. The van der Waals surface area contributed by atoms with E-state index < -0.39 is 6.10 Å². The van der Waals surface area contributed by atoms with Crippen molar-refractivity contribution in [3.63, 3.8) is 0 Å². The Morgan fingerprint density at radius 2 is 2.11 bits per heavy atom. The monoisotopic (exact) mass is 255 g/mol. The number of hydrogen-bond donors (Lipinski definition) is 2. The van der Waals surface area contributed by atoms with Crippen LogP contribution in [0.25, 0.3) is 0 Å². The van der Waals surface area contributed by atoms with Crippen molar-refractivity contribution < 1.29 is 14.2 Å². The molecule has 0 saturated heterocycles. The number of benzene rings is 1. The van der Waals surface area contributed by atoms with Crippen molar-refractivity contribution >= 4 is 0 Å². The van der Waals surface area contributed by atoms with E-state index >= 15 is 0 Å². The number of aliphatic hydroxyl groups is 1. The Balaban J connectivity index is 2.59. The Hall–Kier alpha value is -1.13. The fourth-order valence-electron chi connectivity index (χ4n) is 1.99. The zero-order chi connectivity index (χ0) is 13.5. The topological polar surface area (TPSA) is 55.5 Å². The van der Waals surface area contributed by atoms with Gasteiger partial charge >= 0.3 is 0 Å². The van der Waals surface area contributed by atoms with Crippen LogP contribution in [0.4, 0.5) is 4.39 Å². The lowest BCUT2D eigenvalue weighted by Crippen LogP contribution is -2.34. The number of aryl methyl sites for hydroxylation is 1. The Morgan fingerprint density at radius 1 is 1.39 bits per heavy atom. The third kappa shape index (κ3) is 4.27. The first kappa shape index (κ1) is 14.9. The lowest BCUT2D eigenvalue weighted by atomic mass is 9.99. The number of halogens is 1. The van der Waals surface area contributed by atoms with Crippen LogP contribution < -0.4 is 10.5 Å². The van der Waals surface area contributed by atoms with E-state index in [1.54, 1.807) is 13.2 Å². The van der Waals surface area contributed by atoms with Crippen LogP contribution in [0, 0.1) is 5.82 Å². The number of nitrogens with two attached hydrogens (primary N) is 1. The Morgan fingerprint density at radius 3 is 2.72 bits per heavy atom. The highest BCUT2D eigenvalue weighted by atomic mass is 19.1. The van der Waals surface area contributed by atoms with Crippen LogP contribution in [0.1, 0.15) is 31.7 Å². The van der Waals surface area contributed by atoms with Gasteiger partial charge in [-0.15, -0.1) is 0 Å². The van der Waals surface area contributed by atoms with Crippen molar-refractivity contribution in [1.29, 1.82) is 0 Å². The Labute approximate surface area is 108 Å². The molecule has 0 amide bonds. The zero-order valence-electron chi connectivity index (χ0n) is 11.0. The summed E-state index contributed by atoms with van der Waals surface area (Å²) in [5.74, 6) is 0.353. The summed E-state index contributed by atoms with van der Waals surface area (Å²) in [5.41, 5.74) is 6.60. The van der Waals surface area contributed by atoms with Crippen LogP contribution in [-0.4, -0.2) is 24.4 Å². The second kappa shape index (κ2) is 7.34. The van der Waals surface area contributed by atoms with E-state index in [0.717, 1.165) is 18.4 Å². The van der Waals surface area contributed by atoms with E-state index in [0.29, 0.717) is 18.6 Å². The second-order valence-electron chi connectivity index (χ2n) is 4.51. The summed E-state index contributed by atoms with van der Waals surface area (Å²) in [4.78, 5) is 0. The molecule has 0 aliphatic heterocycles. The summed E-state index contributed by atoms with van der Waals surface area (Å²) in [7, 11) is 1.55. The predicted molar refractivity (Wildman–Crippen MR) is 70.2 cm³/mol. The van der Waals surface area contributed by atoms with Gasteiger partial charge in [-0.1, -0.05) is 13.3 Å². The quantitative estimate of drug-likeness (QED) is 0.785. The SMILES string of the molecule is CCCC(N)C(O)CCc1cc(F)ccc1OC. The van der Waals surface area contributed by atoms with E-state index in [2.05, 4.69) is 0 Å². The summed E-state index contributed by atoms with van der Waals surface area (Å²) < 4.78 is 18.3. The standard InChI is InChI=1S/C14H22FNO2/c1-3-4-12(16)13(17)7-5-10-9-11(15)6-8-14(10)18-2/h6,8-9,12-13,17H,3-5,7,16H2,1-2H3. The molecule has 0 radical (unpaired) electrons. The first-order valence-corrected chi connectivity index (χ1v) is 6.34. The van der Waals surface area contributed by atoms with E-state index in [-0.39, 0.29) is 11.9 Å². The van der Waals surface area contributed by atoms with Crippen molar-refractivity contribution in [2.24, 2.45) is 5.73 Å². The van der Waals surface area contributed by atoms with E-state index in [4.69, 9.17) is 10.5 Å². The number of aliphatic hydroxyl groups excluding tert-OH is 1. The minimum Gasteiger partial charge on any atom is -0.496 e. The lowest BCUT2D eigenvalue weighted by molar-refractivity contribution is 0.130. The lowest BCUT2D eigenvalue weighted by Gasteiger charge is -2.18. The van der Waals surface area contributed by atoms with E-state index in [9.17, 15) is 9.50 Å². The maximum atomic E-state index is 13.1. The molecular weight excluding hydrogens is 233 g/mol. The van der Waals surface area contributed by atoms with Gasteiger partial charge in [-0.25, -0.2) is 4.39 Å². The molecular formula is C14H22FNO2. The molecule has 1 aromatic carbocycles. The maximum absolute atomic E-state index is 13.1. The number of hydrogen-bond acceptors (Lipinski definition) is 3.